The highest BCUT2D eigenvalue weighted by Gasteiger charge is 2.30. The zero-order valence-corrected chi connectivity index (χ0v) is 14.1. The van der Waals surface area contributed by atoms with Gasteiger partial charge in [0.05, 0.1) is 6.42 Å². The van der Waals surface area contributed by atoms with E-state index in [9.17, 15) is 18.0 Å². The van der Waals surface area contributed by atoms with Crippen LogP contribution in [0.2, 0.25) is 5.02 Å². The van der Waals surface area contributed by atoms with Gasteiger partial charge in [0.25, 0.3) is 0 Å². The summed E-state index contributed by atoms with van der Waals surface area (Å²) in [6.45, 7) is 4.54. The first-order chi connectivity index (χ1) is 10.6. The maximum atomic E-state index is 12.5. The maximum Gasteiger partial charge on any atom is 0.390 e. The Labute approximate surface area is 139 Å². The van der Waals surface area contributed by atoms with Gasteiger partial charge in [-0.25, -0.2) is 0 Å². The monoisotopic (exact) mass is 348 g/mol. The van der Waals surface area contributed by atoms with Crippen molar-refractivity contribution in [3.05, 3.63) is 34.9 Å². The largest absolute Gasteiger partial charge is 0.390 e. The molecule has 128 valence electrons. The Morgan fingerprint density at radius 1 is 1.30 bits per heavy atom. The molecule has 0 aliphatic heterocycles. The van der Waals surface area contributed by atoms with Crippen LogP contribution in [0.4, 0.5) is 13.2 Å². The molecule has 1 aromatic carbocycles. The summed E-state index contributed by atoms with van der Waals surface area (Å²) in [6.07, 6.45) is -4.71. The van der Waals surface area contributed by atoms with Crippen LogP contribution in [0.15, 0.2) is 29.3 Å². The summed E-state index contributed by atoms with van der Waals surface area (Å²) in [5.41, 5.74) is 0.562. The molecule has 0 saturated carbocycles. The van der Waals surface area contributed by atoms with Crippen LogP contribution in [0, 0.1) is 0 Å². The highest BCUT2D eigenvalue weighted by molar-refractivity contribution is 6.30. The molecule has 0 N–H and O–H groups in total. The average Bonchev–Trinajstić information content (AvgIpc) is 2.45. The van der Waals surface area contributed by atoms with Crippen molar-refractivity contribution in [1.82, 2.24) is 4.90 Å². The quantitative estimate of drug-likeness (QED) is 0.561. The molecule has 0 saturated heterocycles. The van der Waals surface area contributed by atoms with Crippen molar-refractivity contribution in [3.63, 3.8) is 0 Å². The van der Waals surface area contributed by atoms with Crippen LogP contribution in [-0.2, 0) is 4.79 Å². The number of hydrogen-bond acceptors (Lipinski definition) is 2. The van der Waals surface area contributed by atoms with Crippen molar-refractivity contribution in [2.24, 2.45) is 4.99 Å². The van der Waals surface area contributed by atoms with E-state index in [2.05, 4.69) is 4.99 Å². The summed E-state index contributed by atoms with van der Waals surface area (Å²) in [4.78, 5) is 17.4. The lowest BCUT2D eigenvalue weighted by Gasteiger charge is -2.25. The number of carbonyl (C=O) groups excluding carboxylic acids is 1. The SMILES string of the molecule is CCC(C)/N=C(/c1ccc(Cl)cc1)N(CCC(F)(F)F)C(C)=O. The van der Waals surface area contributed by atoms with E-state index in [4.69, 9.17) is 11.6 Å². The number of amides is 1. The molecule has 1 amide bonds. The van der Waals surface area contributed by atoms with E-state index in [-0.39, 0.29) is 11.9 Å². The highest BCUT2D eigenvalue weighted by Crippen LogP contribution is 2.21. The van der Waals surface area contributed by atoms with E-state index in [0.29, 0.717) is 17.0 Å². The van der Waals surface area contributed by atoms with Crippen LogP contribution in [0.3, 0.4) is 0 Å². The van der Waals surface area contributed by atoms with E-state index < -0.39 is 25.0 Å². The number of carbonyl (C=O) groups is 1. The van der Waals surface area contributed by atoms with Crippen molar-refractivity contribution in [1.29, 1.82) is 0 Å². The number of halogens is 4. The van der Waals surface area contributed by atoms with Gasteiger partial charge in [-0.2, -0.15) is 13.2 Å². The lowest BCUT2D eigenvalue weighted by molar-refractivity contribution is -0.140. The average molecular weight is 349 g/mol. The van der Waals surface area contributed by atoms with Crippen molar-refractivity contribution < 1.29 is 18.0 Å². The van der Waals surface area contributed by atoms with E-state index in [1.165, 1.54) is 6.92 Å². The second-order valence-electron chi connectivity index (χ2n) is 5.25. The Hall–Kier alpha value is -1.56. The lowest BCUT2D eigenvalue weighted by Crippen LogP contribution is -2.39. The summed E-state index contributed by atoms with van der Waals surface area (Å²) in [5.74, 6) is -0.237. The minimum absolute atomic E-state index is 0.117. The standard InChI is InChI=1S/C16H20ClF3N2O/c1-4-11(2)21-15(13-5-7-14(17)8-6-13)22(12(3)23)10-9-16(18,19)20/h5-8,11H,4,9-10H2,1-3H3/b21-15-. The zero-order valence-electron chi connectivity index (χ0n) is 13.3. The molecule has 0 fully saturated rings. The van der Waals surface area contributed by atoms with Gasteiger partial charge < -0.3 is 0 Å². The van der Waals surface area contributed by atoms with Crippen LogP contribution in [0.5, 0.6) is 0 Å². The first-order valence-electron chi connectivity index (χ1n) is 7.32. The summed E-state index contributed by atoms with van der Waals surface area (Å²) >= 11 is 5.84. The highest BCUT2D eigenvalue weighted by atomic mass is 35.5. The van der Waals surface area contributed by atoms with Crippen LogP contribution in [0.1, 0.15) is 39.2 Å². The molecule has 0 heterocycles. The fourth-order valence-corrected chi connectivity index (χ4v) is 1.98. The van der Waals surface area contributed by atoms with Gasteiger partial charge in [0, 0.05) is 30.1 Å². The van der Waals surface area contributed by atoms with Crippen molar-refractivity contribution in [3.8, 4) is 0 Å². The smallest absolute Gasteiger partial charge is 0.297 e. The minimum Gasteiger partial charge on any atom is -0.297 e. The van der Waals surface area contributed by atoms with Crippen molar-refractivity contribution in [2.45, 2.75) is 45.8 Å². The molecule has 3 nitrogen and oxygen atoms in total. The van der Waals surface area contributed by atoms with E-state index in [1.54, 1.807) is 24.3 Å². The second-order valence-corrected chi connectivity index (χ2v) is 5.69. The van der Waals surface area contributed by atoms with Crippen molar-refractivity contribution >= 4 is 23.3 Å². The number of aliphatic imine (C=N–C) groups is 1. The fraction of sp³-hybridized carbons (Fsp3) is 0.500. The van der Waals surface area contributed by atoms with Gasteiger partial charge in [-0.15, -0.1) is 0 Å². The Kier molecular flexibility index (Phi) is 7.06. The zero-order chi connectivity index (χ0) is 17.6. The molecule has 0 bridgehead atoms. The number of alkyl halides is 3. The van der Waals surface area contributed by atoms with Gasteiger partial charge in [-0.1, -0.05) is 18.5 Å². The van der Waals surface area contributed by atoms with Gasteiger partial charge in [-0.05, 0) is 37.6 Å². The molecular formula is C16H20ClF3N2O. The molecule has 23 heavy (non-hydrogen) atoms. The molecule has 0 aliphatic rings. The molecule has 0 aliphatic carbocycles. The van der Waals surface area contributed by atoms with Gasteiger partial charge in [-0.3, -0.25) is 14.7 Å². The number of hydrogen-bond donors (Lipinski definition) is 0. The molecule has 7 heteroatoms. The maximum absolute atomic E-state index is 12.5. The predicted molar refractivity (Wildman–Crippen MR) is 85.8 cm³/mol. The molecular weight excluding hydrogens is 329 g/mol. The van der Waals surface area contributed by atoms with Gasteiger partial charge >= 0.3 is 6.18 Å². The molecule has 1 atom stereocenters. The predicted octanol–water partition coefficient (Wildman–Crippen LogP) is 4.69. The third-order valence-corrected chi connectivity index (χ3v) is 3.54. The first-order valence-corrected chi connectivity index (χ1v) is 7.70. The summed E-state index contributed by atoms with van der Waals surface area (Å²) < 4.78 is 37.6. The van der Waals surface area contributed by atoms with Crippen LogP contribution in [0.25, 0.3) is 0 Å². The Bertz CT molecular complexity index is 555. The lowest BCUT2D eigenvalue weighted by atomic mass is 10.1. The van der Waals surface area contributed by atoms with Crippen molar-refractivity contribution in [2.75, 3.05) is 6.54 Å². The normalized spacial score (nSPS) is 13.8. The Morgan fingerprint density at radius 2 is 1.87 bits per heavy atom. The Balaban J connectivity index is 3.20. The Morgan fingerprint density at radius 3 is 2.30 bits per heavy atom. The second kappa shape index (κ2) is 8.34. The topological polar surface area (TPSA) is 32.7 Å². The molecule has 1 rings (SSSR count). The molecule has 0 radical (unpaired) electrons. The fourth-order valence-electron chi connectivity index (χ4n) is 1.85. The van der Waals surface area contributed by atoms with Crippen LogP contribution >= 0.6 is 11.6 Å². The van der Waals surface area contributed by atoms with Gasteiger partial charge in [0.15, 0.2) is 0 Å². The van der Waals surface area contributed by atoms with Gasteiger partial charge in [0.1, 0.15) is 5.84 Å². The molecule has 0 spiro atoms. The van der Waals surface area contributed by atoms with Crippen LogP contribution in [-0.4, -0.2) is 35.4 Å². The third kappa shape index (κ3) is 6.60. The third-order valence-electron chi connectivity index (χ3n) is 3.29. The van der Waals surface area contributed by atoms with Gasteiger partial charge in [0.2, 0.25) is 5.91 Å². The van der Waals surface area contributed by atoms with Crippen LogP contribution < -0.4 is 0 Å². The molecule has 0 aromatic heterocycles. The summed E-state index contributed by atoms with van der Waals surface area (Å²) in [5, 5.41) is 0.501. The number of rotatable bonds is 5. The first kappa shape index (κ1) is 19.5. The molecule has 1 unspecified atom stereocenters. The van der Waals surface area contributed by atoms with E-state index >= 15 is 0 Å². The minimum atomic E-state index is -4.34. The number of nitrogens with zero attached hydrogens (tertiary/aromatic N) is 2. The molecule has 1 aromatic rings. The van der Waals surface area contributed by atoms with E-state index in [1.807, 2.05) is 13.8 Å². The summed E-state index contributed by atoms with van der Waals surface area (Å²) in [6, 6.07) is 6.41. The number of benzene rings is 1. The summed E-state index contributed by atoms with van der Waals surface area (Å²) in [7, 11) is 0. The number of amidine groups is 1. The van der Waals surface area contributed by atoms with E-state index in [0.717, 1.165) is 4.90 Å².